The maximum Gasteiger partial charge on any atom is 0.294 e. The summed E-state index contributed by atoms with van der Waals surface area (Å²) in [5, 5.41) is 18.1. The number of aryl methyl sites for hydroxylation is 1. The van der Waals surface area contributed by atoms with E-state index in [2.05, 4.69) is 10.5 Å². The lowest BCUT2D eigenvalue weighted by molar-refractivity contribution is -0.383. The van der Waals surface area contributed by atoms with Crippen molar-refractivity contribution < 1.29 is 19.0 Å². The maximum absolute atomic E-state index is 12.7. The van der Waals surface area contributed by atoms with Gasteiger partial charge in [0.1, 0.15) is 11.4 Å². The molecule has 1 saturated carbocycles. The van der Waals surface area contributed by atoms with E-state index in [-0.39, 0.29) is 40.7 Å². The van der Waals surface area contributed by atoms with Gasteiger partial charge in [0, 0.05) is 12.1 Å². The number of carbonyl (C=O) groups is 2. The summed E-state index contributed by atoms with van der Waals surface area (Å²) in [6, 6.07) is 5.87. The van der Waals surface area contributed by atoms with Crippen LogP contribution < -0.4 is 10.2 Å². The van der Waals surface area contributed by atoms with Crippen molar-refractivity contribution in [3.8, 4) is 0 Å². The van der Waals surface area contributed by atoms with Crippen molar-refractivity contribution >= 4 is 34.7 Å². The Morgan fingerprint density at radius 3 is 2.41 bits per heavy atom. The van der Waals surface area contributed by atoms with Gasteiger partial charge in [-0.15, -0.1) is 0 Å². The molecule has 2 aliphatic rings. The number of nitrogens with one attached hydrogen (secondary N) is 1. The molecule has 9 heteroatoms. The number of carbonyl (C=O) groups excluding carboxylic acids is 2. The zero-order chi connectivity index (χ0) is 19.1. The van der Waals surface area contributed by atoms with Gasteiger partial charge in [-0.3, -0.25) is 19.7 Å². The summed E-state index contributed by atoms with van der Waals surface area (Å²) >= 11 is 0. The average Bonchev–Trinajstić information content (AvgIpc) is 3.17. The zero-order valence-corrected chi connectivity index (χ0v) is 14.7. The monoisotopic (exact) mass is 370 g/mol. The Morgan fingerprint density at radius 2 is 1.85 bits per heavy atom. The summed E-state index contributed by atoms with van der Waals surface area (Å²) < 4.78 is 4.94. The van der Waals surface area contributed by atoms with Crippen LogP contribution in [0.15, 0.2) is 28.8 Å². The molecule has 2 atom stereocenters. The zero-order valence-electron chi connectivity index (χ0n) is 14.7. The maximum atomic E-state index is 12.7. The number of nitro benzene ring substituents is 1. The number of fused-ring (bicyclic) bond motifs is 1. The summed E-state index contributed by atoms with van der Waals surface area (Å²) in [5.74, 6) is -0.226. The molecule has 2 fully saturated rings. The Bertz CT molecular complexity index is 914. The van der Waals surface area contributed by atoms with Crippen LogP contribution in [-0.4, -0.2) is 21.9 Å². The highest BCUT2D eigenvalue weighted by Crippen LogP contribution is 2.41. The molecule has 1 aromatic heterocycles. The number of nitrogens with zero attached hydrogens (tertiary/aromatic N) is 3. The highest BCUT2D eigenvalue weighted by atomic mass is 16.6. The SMILES string of the molecule is Cc1cc(Nc2ccc(N3C(=O)[C@H]4CCCC[C@H]4C3=O)cc2[N+](=O)[O-])no1. The van der Waals surface area contributed by atoms with Gasteiger partial charge in [-0.1, -0.05) is 18.0 Å². The Labute approximate surface area is 154 Å². The number of hydrogen-bond donors (Lipinski definition) is 1. The van der Waals surface area contributed by atoms with Crippen LogP contribution in [0.25, 0.3) is 0 Å². The smallest absolute Gasteiger partial charge is 0.294 e. The van der Waals surface area contributed by atoms with Crippen molar-refractivity contribution in [2.24, 2.45) is 11.8 Å². The Morgan fingerprint density at radius 1 is 1.19 bits per heavy atom. The third kappa shape index (κ3) is 2.94. The highest BCUT2D eigenvalue weighted by molar-refractivity contribution is 6.22. The van der Waals surface area contributed by atoms with Gasteiger partial charge < -0.3 is 9.84 Å². The second-order valence-corrected chi connectivity index (χ2v) is 6.92. The first-order valence-electron chi connectivity index (χ1n) is 8.82. The van der Waals surface area contributed by atoms with Crippen LogP contribution in [0, 0.1) is 28.9 Å². The molecular weight excluding hydrogens is 352 g/mol. The molecule has 1 aromatic carbocycles. The minimum Gasteiger partial charge on any atom is -0.360 e. The number of benzene rings is 1. The molecule has 0 spiro atoms. The van der Waals surface area contributed by atoms with Gasteiger partial charge in [-0.25, -0.2) is 4.90 Å². The average molecular weight is 370 g/mol. The first-order valence-corrected chi connectivity index (χ1v) is 8.82. The molecule has 2 heterocycles. The number of amides is 2. The lowest BCUT2D eigenvalue weighted by Gasteiger charge is -2.19. The Balaban J connectivity index is 1.68. The van der Waals surface area contributed by atoms with E-state index in [9.17, 15) is 19.7 Å². The predicted molar refractivity (Wildman–Crippen MR) is 95.6 cm³/mol. The van der Waals surface area contributed by atoms with Crippen molar-refractivity contribution in [2.45, 2.75) is 32.6 Å². The van der Waals surface area contributed by atoms with Crippen LogP contribution in [-0.2, 0) is 9.59 Å². The van der Waals surface area contributed by atoms with Gasteiger partial charge in [-0.2, -0.15) is 0 Å². The number of imide groups is 1. The largest absolute Gasteiger partial charge is 0.360 e. The molecule has 2 amide bonds. The minimum absolute atomic E-state index is 0.202. The lowest BCUT2D eigenvalue weighted by atomic mass is 9.81. The molecule has 9 nitrogen and oxygen atoms in total. The van der Waals surface area contributed by atoms with Crippen LogP contribution in [0.2, 0.25) is 0 Å². The van der Waals surface area contributed by atoms with Crippen LogP contribution in [0.4, 0.5) is 22.9 Å². The van der Waals surface area contributed by atoms with Crippen molar-refractivity contribution in [1.82, 2.24) is 5.16 Å². The number of nitro groups is 1. The van der Waals surface area contributed by atoms with E-state index < -0.39 is 4.92 Å². The van der Waals surface area contributed by atoms with E-state index in [4.69, 9.17) is 4.52 Å². The molecule has 1 saturated heterocycles. The molecule has 1 aliphatic carbocycles. The molecule has 1 N–H and O–H groups in total. The number of anilines is 3. The predicted octanol–water partition coefficient (Wildman–Crippen LogP) is 3.31. The Kier molecular flexibility index (Phi) is 4.14. The third-order valence-electron chi connectivity index (χ3n) is 5.17. The third-order valence-corrected chi connectivity index (χ3v) is 5.17. The lowest BCUT2D eigenvalue weighted by Crippen LogP contribution is -2.30. The van der Waals surface area contributed by atoms with E-state index in [0.717, 1.165) is 17.7 Å². The van der Waals surface area contributed by atoms with Gasteiger partial charge >= 0.3 is 0 Å². The topological polar surface area (TPSA) is 119 Å². The quantitative estimate of drug-likeness (QED) is 0.498. The molecule has 140 valence electrons. The second-order valence-electron chi connectivity index (χ2n) is 6.92. The van der Waals surface area contributed by atoms with Gasteiger partial charge in [0.05, 0.1) is 22.4 Å². The standard InChI is InChI=1S/C18H18N4O5/c1-10-8-16(20-27-10)19-14-7-6-11(9-15(14)22(25)26)21-17(23)12-4-2-3-5-13(12)18(21)24/h6-9,12-13H,2-5H2,1H3,(H,19,20)/t12-,13+. The van der Waals surface area contributed by atoms with Gasteiger partial charge in [0.2, 0.25) is 11.8 Å². The van der Waals surface area contributed by atoms with Crippen LogP contribution in [0.5, 0.6) is 0 Å². The molecule has 27 heavy (non-hydrogen) atoms. The fraction of sp³-hybridized carbons (Fsp3) is 0.389. The molecule has 2 aromatic rings. The van der Waals surface area contributed by atoms with Crippen molar-refractivity contribution in [3.05, 3.63) is 40.1 Å². The molecule has 4 rings (SSSR count). The van der Waals surface area contributed by atoms with Gasteiger partial charge in [0.25, 0.3) is 5.69 Å². The summed E-state index contributed by atoms with van der Waals surface area (Å²) in [5.41, 5.74) is 0.185. The normalized spacial score (nSPS) is 22.0. The van der Waals surface area contributed by atoms with Crippen molar-refractivity contribution in [2.75, 3.05) is 10.2 Å². The van der Waals surface area contributed by atoms with Crippen molar-refractivity contribution in [3.63, 3.8) is 0 Å². The van der Waals surface area contributed by atoms with Crippen LogP contribution in [0.3, 0.4) is 0 Å². The van der Waals surface area contributed by atoms with E-state index in [1.165, 1.54) is 18.2 Å². The van der Waals surface area contributed by atoms with Gasteiger partial charge in [-0.05, 0) is 31.9 Å². The number of rotatable bonds is 4. The molecule has 0 radical (unpaired) electrons. The van der Waals surface area contributed by atoms with E-state index in [1.807, 2.05) is 0 Å². The molecule has 0 unspecified atom stereocenters. The fourth-order valence-electron chi connectivity index (χ4n) is 3.90. The summed E-state index contributed by atoms with van der Waals surface area (Å²) in [6.45, 7) is 1.71. The van der Waals surface area contributed by atoms with E-state index in [1.54, 1.807) is 13.0 Å². The number of hydrogen-bond acceptors (Lipinski definition) is 7. The second kappa shape index (κ2) is 6.49. The van der Waals surface area contributed by atoms with Gasteiger partial charge in [0.15, 0.2) is 5.82 Å². The number of aromatic nitrogens is 1. The summed E-state index contributed by atoms with van der Waals surface area (Å²) in [4.78, 5) is 37.5. The van der Waals surface area contributed by atoms with E-state index >= 15 is 0 Å². The highest BCUT2D eigenvalue weighted by Gasteiger charge is 2.49. The molecule has 1 aliphatic heterocycles. The van der Waals surface area contributed by atoms with Crippen LogP contribution in [0.1, 0.15) is 31.4 Å². The van der Waals surface area contributed by atoms with Crippen LogP contribution >= 0.6 is 0 Å². The Hall–Kier alpha value is -3.23. The molecule has 0 bridgehead atoms. The van der Waals surface area contributed by atoms with Crippen molar-refractivity contribution in [1.29, 1.82) is 0 Å². The molecular formula is C18H18N4O5. The first-order chi connectivity index (χ1) is 13.0. The minimum atomic E-state index is -0.559. The summed E-state index contributed by atoms with van der Waals surface area (Å²) in [7, 11) is 0. The van der Waals surface area contributed by atoms with E-state index in [0.29, 0.717) is 24.4 Å². The fourth-order valence-corrected chi connectivity index (χ4v) is 3.90. The summed E-state index contributed by atoms with van der Waals surface area (Å²) in [6.07, 6.45) is 3.24. The first kappa shape index (κ1) is 17.2.